The Morgan fingerprint density at radius 1 is 0.972 bits per heavy atom. The van der Waals surface area contributed by atoms with Crippen molar-refractivity contribution in [3.63, 3.8) is 0 Å². The highest BCUT2D eigenvalue weighted by molar-refractivity contribution is 7.92. The molecule has 1 unspecified atom stereocenters. The first-order valence-electron chi connectivity index (χ1n) is 11.3. The minimum Gasteiger partial charge on any atom is -0.354 e. The second-order valence-corrected chi connectivity index (χ2v) is 11.8. The lowest BCUT2D eigenvalue weighted by atomic mass is 10.1. The van der Waals surface area contributed by atoms with E-state index in [-0.39, 0.29) is 23.2 Å². The predicted molar refractivity (Wildman–Crippen MR) is 148 cm³/mol. The van der Waals surface area contributed by atoms with Gasteiger partial charge in [-0.25, -0.2) is 8.42 Å². The van der Waals surface area contributed by atoms with Crippen molar-refractivity contribution in [2.45, 2.75) is 45.7 Å². The number of hydrogen-bond acceptors (Lipinski definition) is 4. The van der Waals surface area contributed by atoms with Crippen molar-refractivity contribution in [3.8, 4) is 0 Å². The van der Waals surface area contributed by atoms with Crippen LogP contribution in [0.4, 0.5) is 5.69 Å². The fourth-order valence-corrected chi connectivity index (χ4v) is 5.28. The zero-order valence-corrected chi connectivity index (χ0v) is 24.1. The van der Waals surface area contributed by atoms with Gasteiger partial charge in [0.2, 0.25) is 21.8 Å². The van der Waals surface area contributed by atoms with Crippen LogP contribution < -0.4 is 9.62 Å². The van der Waals surface area contributed by atoms with Crippen LogP contribution in [0.2, 0.25) is 20.1 Å². The van der Waals surface area contributed by atoms with E-state index < -0.39 is 28.5 Å². The van der Waals surface area contributed by atoms with E-state index in [0.717, 1.165) is 23.4 Å². The maximum Gasteiger partial charge on any atom is 0.244 e. The van der Waals surface area contributed by atoms with E-state index >= 15 is 0 Å². The van der Waals surface area contributed by atoms with Gasteiger partial charge in [-0.1, -0.05) is 72.7 Å². The minimum absolute atomic E-state index is 0.0153. The fourth-order valence-electron chi connectivity index (χ4n) is 3.54. The summed E-state index contributed by atoms with van der Waals surface area (Å²) in [6.07, 6.45) is 2.98. The summed E-state index contributed by atoms with van der Waals surface area (Å²) < 4.78 is 26.2. The Labute approximate surface area is 232 Å². The van der Waals surface area contributed by atoms with E-state index in [1.165, 1.54) is 23.1 Å². The summed E-state index contributed by atoms with van der Waals surface area (Å²) in [4.78, 5) is 28.0. The normalized spacial score (nSPS) is 12.2. The second kappa shape index (κ2) is 13.7. The number of rotatable bonds is 12. The van der Waals surface area contributed by atoms with Crippen LogP contribution in [0.5, 0.6) is 0 Å². The lowest BCUT2D eigenvalue weighted by molar-refractivity contribution is -0.140. The number of anilines is 1. The molecule has 0 spiro atoms. The molecule has 7 nitrogen and oxygen atoms in total. The van der Waals surface area contributed by atoms with E-state index in [2.05, 4.69) is 5.32 Å². The van der Waals surface area contributed by atoms with Crippen LogP contribution in [0.25, 0.3) is 0 Å². The minimum atomic E-state index is -3.92. The number of carbonyl (C=O) groups excluding carboxylic acids is 2. The van der Waals surface area contributed by atoms with Crippen LogP contribution in [0, 0.1) is 0 Å². The van der Waals surface area contributed by atoms with Crippen molar-refractivity contribution in [2.75, 3.05) is 23.7 Å². The molecule has 0 aliphatic carbocycles. The molecule has 2 rings (SSSR count). The molecule has 0 bridgehead atoms. The quantitative estimate of drug-likeness (QED) is 0.314. The molecule has 0 saturated carbocycles. The number of carbonyl (C=O) groups is 2. The number of benzene rings is 2. The summed E-state index contributed by atoms with van der Waals surface area (Å²) in [6.45, 7) is 3.70. The van der Waals surface area contributed by atoms with Crippen molar-refractivity contribution in [3.05, 3.63) is 62.1 Å². The number of unbranched alkanes of at least 4 members (excludes halogenated alkanes) is 1. The average Bonchev–Trinajstić information content (AvgIpc) is 2.79. The maximum absolute atomic E-state index is 13.7. The number of halogens is 4. The molecule has 2 aromatic carbocycles. The first-order chi connectivity index (χ1) is 16.9. The van der Waals surface area contributed by atoms with Gasteiger partial charge in [-0.3, -0.25) is 13.9 Å². The first kappa shape index (κ1) is 30.5. The van der Waals surface area contributed by atoms with Gasteiger partial charge in [0.25, 0.3) is 0 Å². The fraction of sp³-hybridized carbons (Fsp3) is 0.417. The van der Waals surface area contributed by atoms with Crippen LogP contribution >= 0.6 is 46.4 Å². The number of nitrogens with zero attached hydrogens (tertiary/aromatic N) is 2. The van der Waals surface area contributed by atoms with Crippen LogP contribution in [-0.4, -0.2) is 50.5 Å². The lowest BCUT2D eigenvalue weighted by Gasteiger charge is -2.33. The summed E-state index contributed by atoms with van der Waals surface area (Å²) in [5, 5.41) is 3.90. The number of hydrogen-bond donors (Lipinski definition) is 1. The predicted octanol–water partition coefficient (Wildman–Crippen LogP) is 5.79. The zero-order valence-electron chi connectivity index (χ0n) is 20.2. The van der Waals surface area contributed by atoms with Crippen molar-refractivity contribution >= 4 is 73.9 Å². The van der Waals surface area contributed by atoms with Crippen molar-refractivity contribution in [1.82, 2.24) is 10.2 Å². The van der Waals surface area contributed by atoms with Crippen molar-refractivity contribution in [2.24, 2.45) is 0 Å². The Morgan fingerprint density at radius 2 is 1.67 bits per heavy atom. The maximum atomic E-state index is 13.7. The Morgan fingerprint density at radius 3 is 2.22 bits per heavy atom. The Hall–Kier alpha value is -1.71. The molecule has 0 heterocycles. The summed E-state index contributed by atoms with van der Waals surface area (Å²) in [7, 11) is -3.92. The first-order valence-corrected chi connectivity index (χ1v) is 14.7. The largest absolute Gasteiger partial charge is 0.354 e. The molecule has 0 aromatic heterocycles. The van der Waals surface area contributed by atoms with Gasteiger partial charge >= 0.3 is 0 Å². The Bertz CT molecular complexity index is 1190. The molecule has 36 heavy (non-hydrogen) atoms. The molecule has 1 N–H and O–H groups in total. The molecule has 0 radical (unpaired) electrons. The van der Waals surface area contributed by atoms with Crippen molar-refractivity contribution < 1.29 is 18.0 Å². The smallest absolute Gasteiger partial charge is 0.244 e. The summed E-state index contributed by atoms with van der Waals surface area (Å²) in [5.41, 5.74) is 0.736. The standard InChI is InChI=1S/C24H29Cl4N3O4S/c1-4-6-11-29-24(33)21(5-2)30(14-16-7-9-18(26)19(27)12-16)23(32)15-31(36(3,34)35)22-10-8-17(25)13-20(22)28/h7-10,12-13,21H,4-6,11,14-15H2,1-3H3,(H,29,33). The average molecular weight is 597 g/mol. The third-order valence-corrected chi connectivity index (χ3v) is 7.81. The van der Waals surface area contributed by atoms with Gasteiger partial charge in [0.15, 0.2) is 0 Å². The van der Waals surface area contributed by atoms with Gasteiger partial charge in [0, 0.05) is 18.1 Å². The van der Waals surface area contributed by atoms with Gasteiger partial charge in [0.1, 0.15) is 12.6 Å². The molecule has 12 heteroatoms. The molecular formula is C24H29Cl4N3O4S. The molecule has 2 aromatic rings. The van der Waals surface area contributed by atoms with E-state index in [0.29, 0.717) is 33.6 Å². The van der Waals surface area contributed by atoms with E-state index in [9.17, 15) is 18.0 Å². The number of nitrogens with one attached hydrogen (secondary N) is 1. The van der Waals surface area contributed by atoms with E-state index in [1.807, 2.05) is 6.92 Å². The second-order valence-electron chi connectivity index (χ2n) is 8.20. The molecule has 0 fully saturated rings. The van der Waals surface area contributed by atoms with Gasteiger partial charge in [0.05, 0.1) is 27.0 Å². The van der Waals surface area contributed by atoms with E-state index in [1.54, 1.807) is 25.1 Å². The van der Waals surface area contributed by atoms with Crippen LogP contribution in [0.15, 0.2) is 36.4 Å². The molecule has 0 aliphatic heterocycles. The molecule has 0 aliphatic rings. The molecule has 2 amide bonds. The van der Waals surface area contributed by atoms with Gasteiger partial charge in [-0.15, -0.1) is 0 Å². The summed E-state index contributed by atoms with van der Waals surface area (Å²) >= 11 is 24.4. The monoisotopic (exact) mass is 595 g/mol. The Kier molecular flexibility index (Phi) is 11.6. The SMILES string of the molecule is CCCCNC(=O)C(CC)N(Cc1ccc(Cl)c(Cl)c1)C(=O)CN(c1ccc(Cl)cc1Cl)S(C)(=O)=O. The number of sulfonamides is 1. The topological polar surface area (TPSA) is 86.8 Å². The lowest BCUT2D eigenvalue weighted by Crippen LogP contribution is -2.52. The third-order valence-electron chi connectivity index (χ3n) is 5.41. The third kappa shape index (κ3) is 8.42. The van der Waals surface area contributed by atoms with Crippen LogP contribution in [0.1, 0.15) is 38.7 Å². The summed E-state index contributed by atoms with van der Waals surface area (Å²) in [6, 6.07) is 8.36. The highest BCUT2D eigenvalue weighted by atomic mass is 35.5. The van der Waals surface area contributed by atoms with Crippen LogP contribution in [0.3, 0.4) is 0 Å². The Balaban J connectivity index is 2.46. The molecule has 198 valence electrons. The van der Waals surface area contributed by atoms with Gasteiger partial charge in [-0.2, -0.15) is 0 Å². The van der Waals surface area contributed by atoms with Crippen molar-refractivity contribution in [1.29, 1.82) is 0 Å². The summed E-state index contributed by atoms with van der Waals surface area (Å²) in [5.74, 6) is -0.912. The molecule has 0 saturated heterocycles. The molecule has 1 atom stereocenters. The van der Waals surface area contributed by atoms with Gasteiger partial charge < -0.3 is 10.2 Å². The molecular weight excluding hydrogens is 568 g/mol. The number of amides is 2. The highest BCUT2D eigenvalue weighted by Crippen LogP contribution is 2.31. The van der Waals surface area contributed by atoms with Gasteiger partial charge in [-0.05, 0) is 48.7 Å². The highest BCUT2D eigenvalue weighted by Gasteiger charge is 2.32. The van der Waals surface area contributed by atoms with E-state index in [4.69, 9.17) is 46.4 Å². The van der Waals surface area contributed by atoms with Crippen LogP contribution in [-0.2, 0) is 26.2 Å². The zero-order chi connectivity index (χ0) is 27.0.